The first-order valence-electron chi connectivity index (χ1n) is 13.6. The molecule has 1 aliphatic rings. The predicted molar refractivity (Wildman–Crippen MR) is 155 cm³/mol. The summed E-state index contributed by atoms with van der Waals surface area (Å²) in [4.78, 5) is 41.5. The molecular weight excluding hydrogens is 524 g/mol. The predicted octanol–water partition coefficient (Wildman–Crippen LogP) is 4.81. The number of ether oxygens (including phenoxy) is 3. The Morgan fingerprint density at radius 1 is 0.854 bits per heavy atom. The highest BCUT2D eigenvalue weighted by atomic mass is 16.5. The van der Waals surface area contributed by atoms with Gasteiger partial charge in [0, 0.05) is 12.3 Å². The molecule has 3 aromatic carbocycles. The molecule has 3 aromatic rings. The van der Waals surface area contributed by atoms with Crippen molar-refractivity contribution in [2.75, 3.05) is 31.0 Å². The molecule has 3 N–H and O–H groups in total. The van der Waals surface area contributed by atoms with E-state index in [1.54, 1.807) is 72.8 Å². The average molecular weight is 561 g/mol. The Balaban J connectivity index is 1.77. The summed E-state index contributed by atoms with van der Waals surface area (Å²) in [5.74, 6) is -3.52. The molecule has 0 aromatic heterocycles. The van der Waals surface area contributed by atoms with Gasteiger partial charge in [-0.2, -0.15) is 0 Å². The van der Waals surface area contributed by atoms with E-state index in [1.807, 2.05) is 13.8 Å². The largest absolute Gasteiger partial charge is 0.497 e. The van der Waals surface area contributed by atoms with Crippen LogP contribution in [0, 0.1) is 11.8 Å². The van der Waals surface area contributed by atoms with Gasteiger partial charge in [-0.3, -0.25) is 14.4 Å². The third-order valence-electron chi connectivity index (χ3n) is 7.22. The van der Waals surface area contributed by atoms with Gasteiger partial charge in [-0.25, -0.2) is 0 Å². The molecule has 2 amide bonds. The maximum absolute atomic E-state index is 14.0. The van der Waals surface area contributed by atoms with Crippen LogP contribution in [0.2, 0.25) is 0 Å². The maximum Gasteiger partial charge on any atom is 0.235 e. The highest BCUT2D eigenvalue weighted by Gasteiger charge is 2.56. The second-order valence-corrected chi connectivity index (χ2v) is 10.1. The van der Waals surface area contributed by atoms with E-state index >= 15 is 0 Å². The molecule has 4 unspecified atom stereocenters. The third kappa shape index (κ3) is 6.52. The van der Waals surface area contributed by atoms with Crippen LogP contribution in [0.4, 0.5) is 11.4 Å². The lowest BCUT2D eigenvalue weighted by Gasteiger charge is -2.44. The van der Waals surface area contributed by atoms with Gasteiger partial charge in [0.05, 0.1) is 43.2 Å². The number of aliphatic hydroxyl groups is 1. The summed E-state index contributed by atoms with van der Waals surface area (Å²) in [6, 6.07) is 20.7. The van der Waals surface area contributed by atoms with Crippen molar-refractivity contribution in [3.05, 3.63) is 78.4 Å². The lowest BCUT2D eigenvalue weighted by atomic mass is 9.61. The van der Waals surface area contributed by atoms with Gasteiger partial charge in [0.1, 0.15) is 28.9 Å². The van der Waals surface area contributed by atoms with Gasteiger partial charge < -0.3 is 30.0 Å². The Labute approximate surface area is 239 Å². The van der Waals surface area contributed by atoms with Crippen molar-refractivity contribution in [1.29, 1.82) is 0 Å². The van der Waals surface area contributed by atoms with Crippen molar-refractivity contribution in [1.82, 2.24) is 0 Å². The van der Waals surface area contributed by atoms with Gasteiger partial charge in [-0.15, -0.1) is 0 Å². The van der Waals surface area contributed by atoms with Gasteiger partial charge in [-0.1, -0.05) is 36.4 Å². The lowest BCUT2D eigenvalue weighted by Crippen LogP contribution is -2.56. The van der Waals surface area contributed by atoms with E-state index in [2.05, 4.69) is 10.6 Å². The Kier molecular flexibility index (Phi) is 9.29. The van der Waals surface area contributed by atoms with Crippen LogP contribution >= 0.6 is 0 Å². The van der Waals surface area contributed by atoms with Crippen molar-refractivity contribution < 1.29 is 33.7 Å². The van der Waals surface area contributed by atoms with E-state index in [4.69, 9.17) is 14.2 Å². The zero-order chi connectivity index (χ0) is 29.6. The fraction of sp³-hybridized carbons (Fsp3) is 0.344. The zero-order valence-corrected chi connectivity index (χ0v) is 23.7. The van der Waals surface area contributed by atoms with Crippen molar-refractivity contribution >= 4 is 29.0 Å². The number of amides is 2. The SMILES string of the molecule is CCOc1ccccc1NC(=O)C1C(=O)CC(C)(O)C(C(=O)Nc2ccccc2OCC)C1c1ccc(OC)cc1. The van der Waals surface area contributed by atoms with Crippen LogP contribution in [0.3, 0.4) is 0 Å². The van der Waals surface area contributed by atoms with Crippen molar-refractivity contribution in [2.45, 2.75) is 38.7 Å². The molecule has 4 atom stereocenters. The summed E-state index contributed by atoms with van der Waals surface area (Å²) in [6.07, 6.45) is -0.379. The minimum Gasteiger partial charge on any atom is -0.497 e. The number of methoxy groups -OCH3 is 1. The maximum atomic E-state index is 14.0. The summed E-state index contributed by atoms with van der Waals surface area (Å²) >= 11 is 0. The third-order valence-corrected chi connectivity index (χ3v) is 7.22. The molecule has 41 heavy (non-hydrogen) atoms. The molecule has 0 spiro atoms. The van der Waals surface area contributed by atoms with Crippen LogP contribution in [-0.4, -0.2) is 48.6 Å². The average Bonchev–Trinajstić information content (AvgIpc) is 2.94. The number of para-hydroxylation sites is 4. The number of benzene rings is 3. The van der Waals surface area contributed by atoms with E-state index in [-0.39, 0.29) is 6.42 Å². The molecule has 216 valence electrons. The topological polar surface area (TPSA) is 123 Å². The molecule has 0 aliphatic heterocycles. The fourth-order valence-electron chi connectivity index (χ4n) is 5.44. The molecule has 1 saturated carbocycles. The number of hydrogen-bond acceptors (Lipinski definition) is 7. The fourth-order valence-corrected chi connectivity index (χ4v) is 5.44. The zero-order valence-electron chi connectivity index (χ0n) is 23.7. The van der Waals surface area contributed by atoms with E-state index in [0.29, 0.717) is 47.4 Å². The minimum atomic E-state index is -1.74. The monoisotopic (exact) mass is 560 g/mol. The number of nitrogens with one attached hydrogen (secondary N) is 2. The van der Waals surface area contributed by atoms with Crippen LogP contribution in [0.1, 0.15) is 38.7 Å². The molecule has 1 fully saturated rings. The molecule has 9 nitrogen and oxygen atoms in total. The van der Waals surface area contributed by atoms with Gasteiger partial charge in [0.15, 0.2) is 0 Å². The smallest absolute Gasteiger partial charge is 0.235 e. The van der Waals surface area contributed by atoms with Gasteiger partial charge in [0.25, 0.3) is 0 Å². The number of carbonyl (C=O) groups is 3. The van der Waals surface area contributed by atoms with Crippen LogP contribution in [0.25, 0.3) is 0 Å². The number of ketones is 1. The summed E-state index contributed by atoms with van der Waals surface area (Å²) in [5.41, 5.74) is -0.376. The number of rotatable bonds is 10. The van der Waals surface area contributed by atoms with Crippen LogP contribution in [0.15, 0.2) is 72.8 Å². The number of anilines is 2. The van der Waals surface area contributed by atoms with E-state index in [1.165, 1.54) is 14.0 Å². The quantitative estimate of drug-likeness (QED) is 0.304. The first kappa shape index (κ1) is 29.6. The number of hydrogen-bond donors (Lipinski definition) is 3. The first-order chi connectivity index (χ1) is 19.7. The Morgan fingerprint density at radius 2 is 1.37 bits per heavy atom. The molecule has 0 heterocycles. The standard InChI is InChI=1S/C32H36N2O7/c1-5-40-25-13-9-7-11-22(25)33-30(36)28-24(35)19-32(3,38)29(27(28)20-15-17-21(39-4)18-16-20)31(37)34-23-12-8-10-14-26(23)41-6-2/h7-18,27-29,38H,5-6,19H2,1-4H3,(H,33,36)(H,34,37). The van der Waals surface area contributed by atoms with E-state index < -0.39 is 41.0 Å². The number of carbonyl (C=O) groups excluding carboxylic acids is 3. The normalized spacial score (nSPS) is 22.0. The van der Waals surface area contributed by atoms with Crippen molar-refractivity contribution in [3.63, 3.8) is 0 Å². The molecule has 0 bridgehead atoms. The second kappa shape index (κ2) is 12.9. The summed E-state index contributed by atoms with van der Waals surface area (Å²) < 4.78 is 16.6. The van der Waals surface area contributed by atoms with Crippen molar-refractivity contribution in [2.24, 2.45) is 11.8 Å². The molecule has 0 radical (unpaired) electrons. The van der Waals surface area contributed by atoms with E-state index in [9.17, 15) is 19.5 Å². The molecule has 4 rings (SSSR count). The Bertz CT molecular complexity index is 1390. The lowest BCUT2D eigenvalue weighted by molar-refractivity contribution is -0.150. The van der Waals surface area contributed by atoms with Crippen LogP contribution < -0.4 is 24.8 Å². The van der Waals surface area contributed by atoms with Gasteiger partial charge in [0.2, 0.25) is 11.8 Å². The summed E-state index contributed by atoms with van der Waals surface area (Å²) in [5, 5.41) is 17.3. The first-order valence-corrected chi connectivity index (χ1v) is 13.6. The van der Waals surface area contributed by atoms with Crippen LogP contribution in [-0.2, 0) is 14.4 Å². The molecular formula is C32H36N2O7. The molecule has 9 heteroatoms. The molecule has 1 aliphatic carbocycles. The highest BCUT2D eigenvalue weighted by molar-refractivity contribution is 6.11. The summed E-state index contributed by atoms with van der Waals surface area (Å²) in [7, 11) is 1.53. The van der Waals surface area contributed by atoms with E-state index in [0.717, 1.165) is 0 Å². The highest BCUT2D eigenvalue weighted by Crippen LogP contribution is 2.47. The summed E-state index contributed by atoms with van der Waals surface area (Å²) in [6.45, 7) is 5.90. The van der Waals surface area contributed by atoms with Crippen molar-refractivity contribution in [3.8, 4) is 17.2 Å². The Hall–Kier alpha value is -4.37. The second-order valence-electron chi connectivity index (χ2n) is 10.1. The van der Waals surface area contributed by atoms with Gasteiger partial charge >= 0.3 is 0 Å². The molecule has 0 saturated heterocycles. The van der Waals surface area contributed by atoms with Crippen LogP contribution in [0.5, 0.6) is 17.2 Å². The Morgan fingerprint density at radius 3 is 1.88 bits per heavy atom. The number of Topliss-reactive ketones (excluding diaryl/α,β-unsaturated/α-hetero) is 1. The minimum absolute atomic E-state index is 0.379. The van der Waals surface area contributed by atoms with Gasteiger partial charge in [-0.05, 0) is 62.7 Å².